The topological polar surface area (TPSA) is 89.4 Å². The summed E-state index contributed by atoms with van der Waals surface area (Å²) in [7, 11) is 0. The summed E-state index contributed by atoms with van der Waals surface area (Å²) in [6, 6.07) is -0.339. The van der Waals surface area contributed by atoms with E-state index in [1.54, 1.807) is 0 Å². The maximum Gasteiger partial charge on any atom is 0.325 e. The molecule has 3 aliphatic rings. The fraction of sp³-hybridized carbons (Fsp3) is 0.765. The Labute approximate surface area is 146 Å². The van der Waals surface area contributed by atoms with Crippen LogP contribution in [0.5, 0.6) is 0 Å². The number of carbonyl (C=O) groups is 2. The minimum Gasteiger partial charge on any atom is -0.381 e. The highest BCUT2D eigenvalue weighted by Gasteiger charge is 2.51. The molecule has 2 aliphatic heterocycles. The van der Waals surface area contributed by atoms with Crippen LogP contribution in [0.2, 0.25) is 0 Å². The highest BCUT2D eigenvalue weighted by Crippen LogP contribution is 2.29. The van der Waals surface area contributed by atoms with E-state index in [1.807, 2.05) is 10.9 Å². The zero-order valence-corrected chi connectivity index (χ0v) is 14.4. The number of amides is 3. The van der Waals surface area contributed by atoms with E-state index < -0.39 is 5.54 Å². The number of nitrogens with one attached hydrogen (secondary N) is 1. The lowest BCUT2D eigenvalue weighted by atomic mass is 9.89. The van der Waals surface area contributed by atoms with E-state index >= 15 is 0 Å². The van der Waals surface area contributed by atoms with Crippen LogP contribution < -0.4 is 5.32 Å². The normalized spacial score (nSPS) is 24.1. The second-order valence-corrected chi connectivity index (χ2v) is 7.45. The van der Waals surface area contributed by atoms with Gasteiger partial charge in [-0.3, -0.25) is 14.4 Å². The maximum absolute atomic E-state index is 12.8. The molecule has 8 nitrogen and oxygen atoms in total. The molecule has 1 spiro atoms. The van der Waals surface area contributed by atoms with Gasteiger partial charge in [-0.2, -0.15) is 0 Å². The van der Waals surface area contributed by atoms with Crippen molar-refractivity contribution >= 4 is 11.9 Å². The third-order valence-electron chi connectivity index (χ3n) is 5.67. The van der Waals surface area contributed by atoms with Gasteiger partial charge < -0.3 is 10.1 Å². The zero-order valence-electron chi connectivity index (χ0n) is 14.4. The molecule has 0 unspecified atom stereocenters. The molecular formula is C17H25N5O3. The number of ether oxygens (including phenoxy) is 1. The number of hydrogen-bond acceptors (Lipinski definition) is 5. The second-order valence-electron chi connectivity index (χ2n) is 7.45. The SMILES string of the molecule is O=C1NC2(CCOCC2)C(=O)N1Cc1cn(CC2CCCCC2)nn1. The molecule has 0 radical (unpaired) electrons. The summed E-state index contributed by atoms with van der Waals surface area (Å²) in [5, 5.41) is 11.2. The summed E-state index contributed by atoms with van der Waals surface area (Å²) in [5.74, 6) is 0.494. The van der Waals surface area contributed by atoms with E-state index in [0.29, 0.717) is 37.7 Å². The van der Waals surface area contributed by atoms with Crippen LogP contribution in [0.1, 0.15) is 50.6 Å². The lowest BCUT2D eigenvalue weighted by Crippen LogP contribution is -2.51. The molecule has 0 bridgehead atoms. The van der Waals surface area contributed by atoms with Gasteiger partial charge in [0, 0.05) is 32.6 Å². The van der Waals surface area contributed by atoms with Crippen LogP contribution in [-0.4, -0.2) is 50.6 Å². The predicted octanol–water partition coefficient (Wildman–Crippen LogP) is 1.46. The van der Waals surface area contributed by atoms with Crippen molar-refractivity contribution in [3.05, 3.63) is 11.9 Å². The average molecular weight is 347 g/mol. The van der Waals surface area contributed by atoms with E-state index in [9.17, 15) is 9.59 Å². The van der Waals surface area contributed by atoms with Crippen LogP contribution in [0, 0.1) is 5.92 Å². The van der Waals surface area contributed by atoms with Gasteiger partial charge in [0.1, 0.15) is 11.2 Å². The first-order valence-electron chi connectivity index (χ1n) is 9.27. The number of aromatic nitrogens is 3. The van der Waals surface area contributed by atoms with Crippen molar-refractivity contribution in [1.82, 2.24) is 25.2 Å². The smallest absolute Gasteiger partial charge is 0.325 e. The predicted molar refractivity (Wildman–Crippen MR) is 88.5 cm³/mol. The van der Waals surface area contributed by atoms with Crippen LogP contribution in [0.4, 0.5) is 4.79 Å². The van der Waals surface area contributed by atoms with Gasteiger partial charge in [-0.1, -0.05) is 24.5 Å². The van der Waals surface area contributed by atoms with Crippen LogP contribution in [-0.2, 0) is 22.6 Å². The van der Waals surface area contributed by atoms with E-state index in [0.717, 1.165) is 6.54 Å². The molecule has 1 aromatic heterocycles. The molecule has 4 rings (SSSR count). The molecule has 1 aliphatic carbocycles. The number of nitrogens with zero attached hydrogens (tertiary/aromatic N) is 4. The fourth-order valence-corrected chi connectivity index (χ4v) is 4.18. The highest BCUT2D eigenvalue weighted by molar-refractivity contribution is 6.07. The van der Waals surface area contributed by atoms with Gasteiger partial charge in [0.05, 0.1) is 12.7 Å². The Balaban J connectivity index is 1.40. The van der Waals surface area contributed by atoms with Gasteiger partial charge in [-0.25, -0.2) is 4.79 Å². The Morgan fingerprint density at radius 3 is 2.72 bits per heavy atom. The summed E-state index contributed by atoms with van der Waals surface area (Å²) in [6.45, 7) is 2.04. The molecule has 3 fully saturated rings. The molecule has 8 heteroatoms. The van der Waals surface area contributed by atoms with Crippen molar-refractivity contribution in [2.75, 3.05) is 13.2 Å². The number of imide groups is 1. The molecule has 136 valence electrons. The van der Waals surface area contributed by atoms with Crippen LogP contribution in [0.15, 0.2) is 6.20 Å². The van der Waals surface area contributed by atoms with Gasteiger partial charge in [0.15, 0.2) is 0 Å². The van der Waals surface area contributed by atoms with Crippen molar-refractivity contribution in [3.8, 4) is 0 Å². The monoisotopic (exact) mass is 347 g/mol. The maximum atomic E-state index is 12.8. The van der Waals surface area contributed by atoms with Gasteiger partial charge in [-0.15, -0.1) is 5.10 Å². The quantitative estimate of drug-likeness (QED) is 0.833. The Bertz CT molecular complexity index is 646. The molecular weight excluding hydrogens is 322 g/mol. The Morgan fingerprint density at radius 1 is 1.20 bits per heavy atom. The van der Waals surface area contributed by atoms with E-state index in [-0.39, 0.29) is 18.5 Å². The molecule has 0 aromatic carbocycles. The van der Waals surface area contributed by atoms with E-state index in [1.165, 1.54) is 37.0 Å². The Kier molecular flexibility index (Phi) is 4.45. The van der Waals surface area contributed by atoms with Crippen molar-refractivity contribution in [2.24, 2.45) is 5.92 Å². The largest absolute Gasteiger partial charge is 0.381 e. The van der Waals surface area contributed by atoms with Gasteiger partial charge >= 0.3 is 6.03 Å². The van der Waals surface area contributed by atoms with Gasteiger partial charge in [0.2, 0.25) is 0 Å². The summed E-state index contributed by atoms with van der Waals surface area (Å²) in [5.41, 5.74) is -0.128. The second kappa shape index (κ2) is 6.74. The van der Waals surface area contributed by atoms with Crippen molar-refractivity contribution < 1.29 is 14.3 Å². The summed E-state index contributed by atoms with van der Waals surface area (Å²) in [4.78, 5) is 26.3. The molecule has 1 N–H and O–H groups in total. The molecule has 1 saturated carbocycles. The number of urea groups is 1. The lowest BCUT2D eigenvalue weighted by molar-refractivity contribution is -0.135. The highest BCUT2D eigenvalue weighted by atomic mass is 16.5. The van der Waals surface area contributed by atoms with E-state index in [4.69, 9.17) is 4.74 Å². The molecule has 3 amide bonds. The van der Waals surface area contributed by atoms with Crippen LogP contribution in [0.3, 0.4) is 0 Å². The number of hydrogen-bond donors (Lipinski definition) is 1. The van der Waals surface area contributed by atoms with Crippen molar-refractivity contribution in [3.63, 3.8) is 0 Å². The first kappa shape index (κ1) is 16.5. The third kappa shape index (κ3) is 3.27. The minimum atomic E-state index is -0.784. The minimum absolute atomic E-state index is 0.164. The number of carbonyl (C=O) groups excluding carboxylic acids is 2. The zero-order chi connectivity index (χ0) is 17.3. The number of rotatable bonds is 4. The first-order chi connectivity index (χ1) is 12.2. The summed E-state index contributed by atoms with van der Waals surface area (Å²) < 4.78 is 7.18. The molecule has 0 atom stereocenters. The van der Waals surface area contributed by atoms with Gasteiger partial charge in [-0.05, 0) is 18.8 Å². The average Bonchev–Trinajstić information content (AvgIpc) is 3.15. The summed E-state index contributed by atoms with van der Waals surface area (Å²) >= 11 is 0. The molecule has 3 heterocycles. The standard InChI is InChI=1S/C17H25N5O3/c23-15-17(6-8-25-9-7-17)18-16(24)22(15)12-14-11-21(20-19-14)10-13-4-2-1-3-5-13/h11,13H,1-10,12H2,(H,18,24). The van der Waals surface area contributed by atoms with Crippen molar-refractivity contribution in [1.29, 1.82) is 0 Å². The van der Waals surface area contributed by atoms with Crippen LogP contribution >= 0.6 is 0 Å². The van der Waals surface area contributed by atoms with Gasteiger partial charge in [0.25, 0.3) is 5.91 Å². The Hall–Kier alpha value is -1.96. The lowest BCUT2D eigenvalue weighted by Gasteiger charge is -2.30. The fourth-order valence-electron chi connectivity index (χ4n) is 4.18. The van der Waals surface area contributed by atoms with Crippen molar-refractivity contribution in [2.45, 2.75) is 63.6 Å². The first-order valence-corrected chi connectivity index (χ1v) is 9.27. The Morgan fingerprint density at radius 2 is 1.96 bits per heavy atom. The van der Waals surface area contributed by atoms with Crippen LogP contribution in [0.25, 0.3) is 0 Å². The molecule has 2 saturated heterocycles. The summed E-state index contributed by atoms with van der Waals surface area (Å²) in [6.07, 6.45) is 9.33. The molecule has 1 aromatic rings. The van der Waals surface area contributed by atoms with E-state index in [2.05, 4.69) is 15.6 Å². The third-order valence-corrected chi connectivity index (χ3v) is 5.67. The molecule has 25 heavy (non-hydrogen) atoms.